The van der Waals surface area contributed by atoms with Crippen LogP contribution in [0.4, 0.5) is 10.5 Å². The van der Waals surface area contributed by atoms with E-state index >= 15 is 0 Å². The lowest BCUT2D eigenvalue weighted by molar-refractivity contribution is -0.384. The number of alkyl halides is 1. The molecule has 6 nitrogen and oxygen atoms in total. The van der Waals surface area contributed by atoms with Gasteiger partial charge in [-0.3, -0.25) is 10.1 Å². The van der Waals surface area contributed by atoms with Crippen molar-refractivity contribution in [1.82, 2.24) is 4.90 Å². The number of nitro benzene ring substituents is 1. The summed E-state index contributed by atoms with van der Waals surface area (Å²) in [6, 6.07) is 6.01. The van der Waals surface area contributed by atoms with Crippen LogP contribution in [0.5, 0.6) is 0 Å². The van der Waals surface area contributed by atoms with Crippen LogP contribution in [0, 0.1) is 10.1 Å². The number of hydrogen-bond acceptors (Lipinski definition) is 4. The van der Waals surface area contributed by atoms with Crippen molar-refractivity contribution in [2.75, 3.05) is 13.1 Å². The lowest BCUT2D eigenvalue weighted by Gasteiger charge is -2.28. The van der Waals surface area contributed by atoms with E-state index < -0.39 is 4.92 Å². The molecule has 7 heteroatoms. The Morgan fingerprint density at radius 1 is 1.35 bits per heavy atom. The van der Waals surface area contributed by atoms with Gasteiger partial charge in [0.1, 0.15) is 6.61 Å². The Balaban J connectivity index is 1.82. The van der Waals surface area contributed by atoms with Gasteiger partial charge in [0.2, 0.25) is 0 Å². The third-order valence-electron chi connectivity index (χ3n) is 3.19. The molecule has 0 aliphatic carbocycles. The van der Waals surface area contributed by atoms with Crippen LogP contribution in [0.1, 0.15) is 18.4 Å². The smallest absolute Gasteiger partial charge is 0.410 e. The third-order valence-corrected chi connectivity index (χ3v) is 4.44. The second kappa shape index (κ2) is 6.87. The Hall–Kier alpha value is -1.38. The van der Waals surface area contributed by atoms with Gasteiger partial charge in [0.25, 0.3) is 5.69 Å². The zero-order valence-corrected chi connectivity index (χ0v) is 13.0. The maximum Gasteiger partial charge on any atom is 0.410 e. The highest BCUT2D eigenvalue weighted by atomic mass is 127. The quantitative estimate of drug-likeness (QED) is 0.344. The second-order valence-corrected chi connectivity index (χ2v) is 6.40. The van der Waals surface area contributed by atoms with E-state index in [1.807, 2.05) is 0 Å². The predicted molar refractivity (Wildman–Crippen MR) is 81.9 cm³/mol. The van der Waals surface area contributed by atoms with E-state index in [0.717, 1.165) is 31.5 Å². The molecule has 0 atom stereocenters. The summed E-state index contributed by atoms with van der Waals surface area (Å²) >= 11 is 2.40. The zero-order chi connectivity index (χ0) is 14.5. The van der Waals surface area contributed by atoms with E-state index in [4.69, 9.17) is 4.74 Å². The molecule has 0 radical (unpaired) electrons. The number of ether oxygens (including phenoxy) is 1. The average molecular weight is 390 g/mol. The summed E-state index contributed by atoms with van der Waals surface area (Å²) in [5, 5.41) is 10.5. The normalized spacial score (nSPS) is 15.9. The number of piperidine rings is 1. The molecule has 1 heterocycles. The molecule has 1 aliphatic heterocycles. The van der Waals surface area contributed by atoms with Crippen molar-refractivity contribution in [3.8, 4) is 0 Å². The van der Waals surface area contributed by atoms with Crippen molar-refractivity contribution in [2.24, 2.45) is 0 Å². The van der Waals surface area contributed by atoms with Crippen LogP contribution in [0.25, 0.3) is 0 Å². The standard InChI is InChI=1S/C13H15IN2O4/c14-11-5-7-15(8-6-11)13(17)20-9-10-1-3-12(4-2-10)16(18)19/h1-4,11H,5-9H2. The first-order valence-corrected chi connectivity index (χ1v) is 7.60. The minimum Gasteiger partial charge on any atom is -0.445 e. The van der Waals surface area contributed by atoms with E-state index in [0.29, 0.717) is 3.92 Å². The monoisotopic (exact) mass is 390 g/mol. The van der Waals surface area contributed by atoms with Crippen LogP contribution < -0.4 is 0 Å². The summed E-state index contributed by atoms with van der Waals surface area (Å²) in [4.78, 5) is 23.6. The van der Waals surface area contributed by atoms with Crippen LogP contribution in [0.15, 0.2) is 24.3 Å². The first-order valence-electron chi connectivity index (χ1n) is 6.35. The van der Waals surface area contributed by atoms with Gasteiger partial charge in [-0.1, -0.05) is 22.6 Å². The summed E-state index contributed by atoms with van der Waals surface area (Å²) in [6.45, 7) is 1.60. The summed E-state index contributed by atoms with van der Waals surface area (Å²) < 4.78 is 5.85. The minimum absolute atomic E-state index is 0.0317. The molecule has 1 fully saturated rings. The van der Waals surface area contributed by atoms with E-state index in [2.05, 4.69) is 22.6 Å². The van der Waals surface area contributed by atoms with Gasteiger partial charge in [-0.05, 0) is 30.5 Å². The maximum absolute atomic E-state index is 11.8. The van der Waals surface area contributed by atoms with Gasteiger partial charge in [-0.2, -0.15) is 0 Å². The fourth-order valence-corrected chi connectivity index (χ4v) is 2.54. The Kier molecular flexibility index (Phi) is 5.16. The number of carbonyl (C=O) groups is 1. The third kappa shape index (κ3) is 4.06. The molecule has 108 valence electrons. The van der Waals surface area contributed by atoms with Crippen molar-refractivity contribution < 1.29 is 14.5 Å². The molecule has 1 amide bonds. The fraction of sp³-hybridized carbons (Fsp3) is 0.462. The number of hydrogen-bond donors (Lipinski definition) is 0. The predicted octanol–water partition coefficient (Wildman–Crippen LogP) is 3.13. The van der Waals surface area contributed by atoms with Crippen LogP contribution in [-0.4, -0.2) is 32.9 Å². The molecule has 0 N–H and O–H groups in total. The van der Waals surface area contributed by atoms with Gasteiger partial charge in [-0.15, -0.1) is 0 Å². The molecule has 1 aliphatic rings. The van der Waals surface area contributed by atoms with Crippen molar-refractivity contribution in [3.05, 3.63) is 39.9 Å². The van der Waals surface area contributed by atoms with Gasteiger partial charge >= 0.3 is 6.09 Å². The average Bonchev–Trinajstić information content (AvgIpc) is 2.46. The van der Waals surface area contributed by atoms with E-state index in [-0.39, 0.29) is 18.4 Å². The Bertz CT molecular complexity index is 484. The number of benzene rings is 1. The summed E-state index contributed by atoms with van der Waals surface area (Å²) in [5.74, 6) is 0. The Morgan fingerprint density at radius 3 is 2.50 bits per heavy atom. The summed E-state index contributed by atoms with van der Waals surface area (Å²) in [5.41, 5.74) is 0.775. The van der Waals surface area contributed by atoms with Gasteiger partial charge in [-0.25, -0.2) is 4.79 Å². The van der Waals surface area contributed by atoms with Crippen LogP contribution in [0.2, 0.25) is 0 Å². The highest BCUT2D eigenvalue weighted by molar-refractivity contribution is 14.1. The SMILES string of the molecule is O=C(OCc1ccc([N+](=O)[O-])cc1)N1CCC(I)CC1. The molecule has 0 saturated carbocycles. The number of nitrogens with zero attached hydrogens (tertiary/aromatic N) is 2. The number of nitro groups is 1. The molecule has 0 bridgehead atoms. The first-order chi connectivity index (χ1) is 9.56. The molecule has 20 heavy (non-hydrogen) atoms. The number of carbonyl (C=O) groups excluding carboxylic acids is 1. The number of non-ortho nitro benzene ring substituents is 1. The number of amides is 1. The Morgan fingerprint density at radius 2 is 1.95 bits per heavy atom. The molecule has 0 aromatic heterocycles. The highest BCUT2D eigenvalue weighted by Crippen LogP contribution is 2.19. The molecular formula is C13H15IN2O4. The molecule has 1 aromatic rings. The molecular weight excluding hydrogens is 375 g/mol. The lowest BCUT2D eigenvalue weighted by Crippen LogP contribution is -2.38. The lowest BCUT2D eigenvalue weighted by atomic mass is 10.1. The highest BCUT2D eigenvalue weighted by Gasteiger charge is 2.22. The number of rotatable bonds is 3. The largest absolute Gasteiger partial charge is 0.445 e. The van der Waals surface area contributed by atoms with Crippen LogP contribution in [0.3, 0.4) is 0 Å². The van der Waals surface area contributed by atoms with E-state index in [1.165, 1.54) is 12.1 Å². The van der Waals surface area contributed by atoms with Crippen LogP contribution in [-0.2, 0) is 11.3 Å². The zero-order valence-electron chi connectivity index (χ0n) is 10.8. The summed E-state index contributed by atoms with van der Waals surface area (Å²) in [7, 11) is 0. The minimum atomic E-state index is -0.454. The molecule has 0 spiro atoms. The maximum atomic E-state index is 11.8. The van der Waals surface area contributed by atoms with Gasteiger partial charge in [0.05, 0.1) is 4.92 Å². The van der Waals surface area contributed by atoms with Crippen LogP contribution >= 0.6 is 22.6 Å². The van der Waals surface area contributed by atoms with E-state index in [1.54, 1.807) is 17.0 Å². The summed E-state index contributed by atoms with van der Waals surface area (Å²) in [6.07, 6.45) is 1.67. The molecule has 1 aromatic carbocycles. The van der Waals surface area contributed by atoms with Crippen molar-refractivity contribution in [3.63, 3.8) is 0 Å². The second-order valence-electron chi connectivity index (χ2n) is 4.64. The number of likely N-dealkylation sites (tertiary alicyclic amines) is 1. The fourth-order valence-electron chi connectivity index (χ4n) is 1.98. The molecule has 2 rings (SSSR count). The van der Waals surface area contributed by atoms with Gasteiger partial charge in [0, 0.05) is 29.1 Å². The van der Waals surface area contributed by atoms with Crippen molar-refractivity contribution in [2.45, 2.75) is 23.4 Å². The molecule has 0 unspecified atom stereocenters. The Labute approximate surface area is 130 Å². The number of halogens is 1. The topological polar surface area (TPSA) is 72.7 Å². The van der Waals surface area contributed by atoms with Gasteiger partial charge in [0.15, 0.2) is 0 Å². The van der Waals surface area contributed by atoms with Crippen molar-refractivity contribution in [1.29, 1.82) is 0 Å². The first kappa shape index (κ1) is 15.0. The van der Waals surface area contributed by atoms with Crippen molar-refractivity contribution >= 4 is 34.4 Å². The molecule has 1 saturated heterocycles. The van der Waals surface area contributed by atoms with Gasteiger partial charge < -0.3 is 9.64 Å². The van der Waals surface area contributed by atoms with E-state index in [9.17, 15) is 14.9 Å².